The number of esters is 1. The minimum absolute atomic E-state index is 0.158. The summed E-state index contributed by atoms with van der Waals surface area (Å²) in [6, 6.07) is 15.6. The Hall–Kier alpha value is -2.84. The number of thioether (sulfide) groups is 1. The zero-order valence-electron chi connectivity index (χ0n) is 17.9. The van der Waals surface area contributed by atoms with E-state index in [9.17, 15) is 14.7 Å². The van der Waals surface area contributed by atoms with E-state index in [1.54, 1.807) is 39.0 Å². The third kappa shape index (κ3) is 5.45. The van der Waals surface area contributed by atoms with E-state index in [-0.39, 0.29) is 6.42 Å². The number of ether oxygens (including phenoxy) is 2. The van der Waals surface area contributed by atoms with Crippen molar-refractivity contribution in [3.8, 4) is 0 Å². The van der Waals surface area contributed by atoms with Crippen LogP contribution in [0.5, 0.6) is 0 Å². The van der Waals surface area contributed by atoms with Gasteiger partial charge in [0.1, 0.15) is 22.3 Å². The molecular formula is C23H26N2O5S. The van der Waals surface area contributed by atoms with E-state index in [0.717, 1.165) is 4.90 Å². The van der Waals surface area contributed by atoms with Gasteiger partial charge in [-0.25, -0.2) is 14.6 Å². The molecule has 1 aliphatic rings. The Morgan fingerprint density at radius 2 is 1.77 bits per heavy atom. The van der Waals surface area contributed by atoms with Gasteiger partial charge in [0.05, 0.1) is 12.8 Å². The lowest BCUT2D eigenvalue weighted by atomic mass is 9.89. The molecule has 0 bridgehead atoms. The van der Waals surface area contributed by atoms with Gasteiger partial charge in [0.2, 0.25) is 0 Å². The fourth-order valence-corrected chi connectivity index (χ4v) is 4.25. The van der Waals surface area contributed by atoms with E-state index in [0.29, 0.717) is 16.3 Å². The van der Waals surface area contributed by atoms with Gasteiger partial charge in [0, 0.05) is 16.9 Å². The van der Waals surface area contributed by atoms with E-state index in [1.807, 2.05) is 36.4 Å². The average Bonchev–Trinajstić information content (AvgIpc) is 2.98. The Labute approximate surface area is 185 Å². The van der Waals surface area contributed by atoms with E-state index in [4.69, 9.17) is 9.47 Å². The van der Waals surface area contributed by atoms with Gasteiger partial charge in [-0.15, -0.1) is 0 Å². The van der Waals surface area contributed by atoms with Crippen molar-refractivity contribution in [2.45, 2.75) is 49.3 Å². The number of hydrogen-bond acceptors (Lipinski definition) is 7. The van der Waals surface area contributed by atoms with Gasteiger partial charge in [0.25, 0.3) is 0 Å². The zero-order valence-corrected chi connectivity index (χ0v) is 18.7. The second-order valence-corrected chi connectivity index (χ2v) is 9.20. The molecule has 0 fully saturated rings. The molecule has 2 aromatic rings. The SMILES string of the molecule is COC(=O)[C@H](CC1(O)C(Sc2ccccc2)=Nc2ccccc21)NC(=O)OC(C)(C)C. The smallest absolute Gasteiger partial charge is 0.408 e. The maximum atomic E-state index is 12.5. The first-order valence-corrected chi connectivity index (χ1v) is 10.7. The van der Waals surface area contributed by atoms with Gasteiger partial charge in [-0.05, 0) is 39.0 Å². The molecule has 0 spiro atoms. The number of fused-ring (bicyclic) bond motifs is 1. The Balaban J connectivity index is 1.92. The highest BCUT2D eigenvalue weighted by molar-refractivity contribution is 8.14. The lowest BCUT2D eigenvalue weighted by Gasteiger charge is -2.30. The van der Waals surface area contributed by atoms with Crippen molar-refractivity contribution in [3.63, 3.8) is 0 Å². The fraction of sp³-hybridized carbons (Fsp3) is 0.348. The van der Waals surface area contributed by atoms with Crippen LogP contribution in [-0.2, 0) is 19.9 Å². The van der Waals surface area contributed by atoms with Crippen LogP contribution in [0.1, 0.15) is 32.8 Å². The van der Waals surface area contributed by atoms with Crippen LogP contribution >= 0.6 is 11.8 Å². The molecule has 1 amide bonds. The first kappa shape index (κ1) is 22.8. The monoisotopic (exact) mass is 442 g/mol. The summed E-state index contributed by atoms with van der Waals surface area (Å²) in [6.45, 7) is 5.17. The van der Waals surface area contributed by atoms with Crippen molar-refractivity contribution >= 4 is 34.6 Å². The number of aliphatic imine (C=N–C) groups is 1. The minimum Gasteiger partial charge on any atom is -0.467 e. The standard InChI is InChI=1S/C23H26N2O5S/c1-22(2,3)30-21(27)25-18(19(26)29-4)14-23(28)16-12-8-9-13-17(16)24-20(23)31-15-10-6-5-7-11-15/h5-13,18,28H,14H2,1-4H3,(H,25,27)/t18-,23?/m0/s1. The number of benzene rings is 2. The first-order valence-electron chi connectivity index (χ1n) is 9.84. The summed E-state index contributed by atoms with van der Waals surface area (Å²) in [5.41, 5.74) is -1.15. The van der Waals surface area contributed by atoms with Crippen LogP contribution in [0.4, 0.5) is 10.5 Å². The van der Waals surface area contributed by atoms with Crippen LogP contribution in [0.2, 0.25) is 0 Å². The number of alkyl carbamates (subject to hydrolysis) is 1. The lowest BCUT2D eigenvalue weighted by Crippen LogP contribution is -2.49. The van der Waals surface area contributed by atoms with E-state index in [1.165, 1.54) is 18.9 Å². The molecule has 7 nitrogen and oxygen atoms in total. The molecule has 2 atom stereocenters. The molecule has 0 aromatic heterocycles. The Morgan fingerprint density at radius 1 is 1.13 bits per heavy atom. The van der Waals surface area contributed by atoms with Crippen molar-refractivity contribution in [1.29, 1.82) is 0 Å². The van der Waals surface area contributed by atoms with Crippen LogP contribution in [0, 0.1) is 0 Å². The predicted octanol–water partition coefficient (Wildman–Crippen LogP) is 4.17. The number of nitrogens with zero attached hydrogens (tertiary/aromatic N) is 1. The van der Waals surface area contributed by atoms with Crippen molar-refractivity contribution in [3.05, 3.63) is 60.2 Å². The van der Waals surface area contributed by atoms with E-state index in [2.05, 4.69) is 10.3 Å². The van der Waals surface area contributed by atoms with Gasteiger partial charge in [-0.2, -0.15) is 0 Å². The quantitative estimate of drug-likeness (QED) is 0.675. The number of rotatable bonds is 5. The van der Waals surface area contributed by atoms with Crippen molar-refractivity contribution in [2.24, 2.45) is 4.99 Å². The van der Waals surface area contributed by atoms with Crippen LogP contribution < -0.4 is 5.32 Å². The minimum atomic E-state index is -1.59. The van der Waals surface area contributed by atoms with E-state index >= 15 is 0 Å². The average molecular weight is 443 g/mol. The predicted molar refractivity (Wildman–Crippen MR) is 120 cm³/mol. The summed E-state index contributed by atoms with van der Waals surface area (Å²) in [5.74, 6) is -0.687. The molecule has 164 valence electrons. The number of para-hydroxylation sites is 1. The highest BCUT2D eigenvalue weighted by atomic mass is 32.2. The normalized spacial score (nSPS) is 18.5. The number of carbonyl (C=O) groups excluding carboxylic acids is 2. The van der Waals surface area contributed by atoms with Gasteiger partial charge in [0.15, 0.2) is 0 Å². The molecule has 8 heteroatoms. The molecule has 31 heavy (non-hydrogen) atoms. The van der Waals surface area contributed by atoms with Gasteiger partial charge < -0.3 is 19.9 Å². The molecule has 2 N–H and O–H groups in total. The second kappa shape index (κ2) is 9.11. The van der Waals surface area contributed by atoms with E-state index < -0.39 is 29.3 Å². The molecule has 2 aromatic carbocycles. The fourth-order valence-electron chi connectivity index (χ4n) is 3.22. The van der Waals surface area contributed by atoms with Crippen molar-refractivity contribution in [2.75, 3.05) is 7.11 Å². The van der Waals surface area contributed by atoms with Gasteiger partial charge in [-0.3, -0.25) is 0 Å². The third-order valence-electron chi connectivity index (χ3n) is 4.56. The maximum absolute atomic E-state index is 12.5. The summed E-state index contributed by atoms with van der Waals surface area (Å²) in [6.07, 6.45) is -0.929. The highest BCUT2D eigenvalue weighted by Crippen LogP contribution is 2.46. The lowest BCUT2D eigenvalue weighted by molar-refractivity contribution is -0.144. The van der Waals surface area contributed by atoms with Gasteiger partial charge in [-0.1, -0.05) is 48.2 Å². The Morgan fingerprint density at radius 3 is 2.42 bits per heavy atom. The molecule has 1 unspecified atom stereocenters. The number of methoxy groups -OCH3 is 1. The topological polar surface area (TPSA) is 97.2 Å². The van der Waals surface area contributed by atoms with Crippen LogP contribution in [0.25, 0.3) is 0 Å². The maximum Gasteiger partial charge on any atom is 0.408 e. The third-order valence-corrected chi connectivity index (χ3v) is 5.69. The molecule has 0 saturated carbocycles. The Kier molecular flexibility index (Phi) is 6.71. The van der Waals surface area contributed by atoms with Crippen molar-refractivity contribution in [1.82, 2.24) is 5.32 Å². The molecule has 1 aliphatic heterocycles. The zero-order chi connectivity index (χ0) is 22.6. The molecular weight excluding hydrogens is 416 g/mol. The molecule has 0 aliphatic carbocycles. The van der Waals surface area contributed by atoms with Crippen LogP contribution in [0.3, 0.4) is 0 Å². The summed E-state index contributed by atoms with van der Waals surface area (Å²) in [7, 11) is 1.23. The largest absolute Gasteiger partial charge is 0.467 e. The molecule has 0 saturated heterocycles. The number of aliphatic hydroxyl groups is 1. The second-order valence-electron chi connectivity index (χ2n) is 8.14. The summed E-state index contributed by atoms with van der Waals surface area (Å²) >= 11 is 1.31. The summed E-state index contributed by atoms with van der Waals surface area (Å²) < 4.78 is 10.2. The van der Waals surface area contributed by atoms with Crippen LogP contribution in [0.15, 0.2) is 64.5 Å². The number of hydrogen-bond donors (Lipinski definition) is 2. The molecule has 3 rings (SSSR count). The number of amides is 1. The highest BCUT2D eigenvalue weighted by Gasteiger charge is 2.46. The number of nitrogens with one attached hydrogen (secondary N) is 1. The molecule has 0 radical (unpaired) electrons. The summed E-state index contributed by atoms with van der Waals surface area (Å²) in [5, 5.41) is 14.7. The summed E-state index contributed by atoms with van der Waals surface area (Å²) in [4.78, 5) is 30.3. The Bertz CT molecular complexity index is 987. The van der Waals surface area contributed by atoms with Gasteiger partial charge >= 0.3 is 12.1 Å². The number of carbonyl (C=O) groups is 2. The molecule has 1 heterocycles. The van der Waals surface area contributed by atoms with Crippen molar-refractivity contribution < 1.29 is 24.2 Å². The first-order chi connectivity index (χ1) is 14.6. The van der Waals surface area contributed by atoms with Crippen LogP contribution in [-0.4, -0.2) is 41.0 Å².